The Hall–Kier alpha value is -12.9. The van der Waals surface area contributed by atoms with E-state index in [0.29, 0.717) is 10.9 Å². The molecule has 0 saturated carbocycles. The van der Waals surface area contributed by atoms with Gasteiger partial charge in [0.1, 0.15) is 0 Å². The van der Waals surface area contributed by atoms with Crippen molar-refractivity contribution in [2.24, 2.45) is 0 Å². The average Bonchev–Trinajstić information content (AvgIpc) is 1.47. The van der Waals surface area contributed by atoms with E-state index in [9.17, 15) is 20.1 Å². The molecule has 0 aliphatic heterocycles. The normalized spacial score (nSPS) is 13.4. The lowest BCUT2D eigenvalue weighted by Gasteiger charge is -2.22. The molecular formula is C126H98B2Br4O4. The van der Waals surface area contributed by atoms with Gasteiger partial charge < -0.3 is 20.1 Å². The third-order valence-corrected chi connectivity index (χ3v) is 32.0. The van der Waals surface area contributed by atoms with Crippen LogP contribution in [0.2, 0.25) is 0 Å². The van der Waals surface area contributed by atoms with Gasteiger partial charge in [0.05, 0.1) is 0 Å². The molecule has 660 valence electrons. The monoisotopic (exact) mass is 2010 g/mol. The molecule has 0 saturated heterocycles. The van der Waals surface area contributed by atoms with E-state index in [1.54, 1.807) is 12.1 Å². The summed E-state index contributed by atoms with van der Waals surface area (Å²) in [5, 5.41) is 53.2. The van der Waals surface area contributed by atoms with E-state index in [-0.39, 0.29) is 21.7 Å². The second-order valence-electron chi connectivity index (χ2n) is 37.7. The van der Waals surface area contributed by atoms with Crippen molar-refractivity contribution in [3.8, 4) is 100 Å². The van der Waals surface area contributed by atoms with Gasteiger partial charge in [-0.25, -0.2) is 0 Å². The van der Waals surface area contributed by atoms with Gasteiger partial charge in [-0.05, 0) is 326 Å². The van der Waals surface area contributed by atoms with Crippen LogP contribution in [0.15, 0.2) is 443 Å². The maximum absolute atomic E-state index is 9.66. The van der Waals surface area contributed by atoms with Crippen LogP contribution in [0.3, 0.4) is 0 Å². The molecule has 4 nitrogen and oxygen atoms in total. The lowest BCUT2D eigenvalue weighted by molar-refractivity contribution is 0.424. The number of benzene rings is 21. The van der Waals surface area contributed by atoms with Gasteiger partial charge in [-0.2, -0.15) is 0 Å². The van der Waals surface area contributed by atoms with Gasteiger partial charge in [0.2, 0.25) is 0 Å². The Kier molecular flexibility index (Phi) is 24.9. The maximum atomic E-state index is 9.66. The molecule has 21 aromatic rings. The molecular weight excluding hydrogens is 1920 g/mol. The van der Waals surface area contributed by atoms with Gasteiger partial charge in [-0.1, -0.05) is 438 Å². The number of halogens is 4. The third-order valence-electron chi connectivity index (χ3n) is 28.4. The minimum atomic E-state index is -1.47. The molecule has 4 aliphatic carbocycles. The Bertz CT molecular complexity index is 8090. The predicted octanol–water partition coefficient (Wildman–Crippen LogP) is 33.0. The first-order valence-corrected chi connectivity index (χ1v) is 49.5. The first-order valence-electron chi connectivity index (χ1n) is 46.3. The van der Waals surface area contributed by atoms with E-state index in [1.165, 1.54) is 197 Å². The van der Waals surface area contributed by atoms with Crippen LogP contribution in [0.4, 0.5) is 0 Å². The zero-order valence-electron chi connectivity index (χ0n) is 76.9. The first kappa shape index (κ1) is 90.9. The highest BCUT2D eigenvalue weighted by molar-refractivity contribution is 9.13. The van der Waals surface area contributed by atoms with Crippen LogP contribution < -0.4 is 10.9 Å². The molecule has 0 amide bonds. The van der Waals surface area contributed by atoms with Crippen molar-refractivity contribution in [1.82, 2.24) is 0 Å². The summed E-state index contributed by atoms with van der Waals surface area (Å²) in [6.45, 7) is 18.2. The van der Waals surface area contributed by atoms with E-state index in [0.717, 1.165) is 30.1 Å². The second kappa shape index (κ2) is 37.3. The van der Waals surface area contributed by atoms with Crippen LogP contribution >= 0.6 is 63.7 Å². The standard InChI is InChI=1S/C35H25Br.C35H26.C21H19BO2.C15H15BO2.C14H9Br.C6H4Br2/c1-35(2)31-18-10-9-12-24(31)25-20-19-22(21-32(25)35)23-11-3-4-13-26(23)33-27-14-5-7-16-29(27)34(36)30-17-8-6-15-28(30)33;1-35(2)32-18-10-9-16-29(32)30-20-19-25(22-33(30)35)26-13-7-8-17-31(26)34-27-14-5-3-11-23(27)21-24-12-4-6-15-28(24)34;1-21(2)18-9-5-3-8-16(18)17-12-11-14(13-19(17)21)15-7-4-6-10-20(15)22(23)24;1-15(2)13-6-4-3-5-11(13)12-8-7-10(16(17)18)9-14(12)15;15-14-12-7-3-1-5-10(12)9-11-6-2-4-8-13(11)14;7-5-3-1-2-4-6(5)8/h3-21H,1-2H3;3-22H,1-2H3;3-13,23-24H,1-2H3;3-9,17-18H,1-2H3;1-9H;1-4H. The van der Waals surface area contributed by atoms with Gasteiger partial charge in [0.25, 0.3) is 0 Å². The SMILES string of the molecule is Brc1c2ccccc2cc2ccccc12.Brc1ccccc1Br.CC1(C)c2ccccc2-c2ccc(-c3ccccc3-c3c4ccccc4c(Br)c4ccccc34)cc21.CC1(C)c2ccccc2-c2ccc(-c3ccccc3-c3c4ccccc4cc4ccccc34)cc21.CC1(C)c2ccccc2-c2ccc(-c3ccccc3B(O)O)cc21.CC1(C)c2ccccc2-c2ccc(B(O)O)cc21. The van der Waals surface area contributed by atoms with Crippen molar-refractivity contribution in [3.63, 3.8) is 0 Å². The summed E-state index contributed by atoms with van der Waals surface area (Å²) in [6.07, 6.45) is 0. The Balaban J connectivity index is 0.000000106. The molecule has 4 N–H and O–H groups in total. The van der Waals surface area contributed by atoms with E-state index >= 15 is 0 Å². The number of rotatable bonds is 7. The summed E-state index contributed by atoms with van der Waals surface area (Å²) in [4.78, 5) is 0. The number of fused-ring (bicyclic) bond motifs is 18. The summed E-state index contributed by atoms with van der Waals surface area (Å²) in [6, 6.07) is 150. The lowest BCUT2D eigenvalue weighted by atomic mass is 9.74. The first-order chi connectivity index (χ1) is 65.9. The van der Waals surface area contributed by atoms with Crippen molar-refractivity contribution < 1.29 is 20.1 Å². The van der Waals surface area contributed by atoms with Crippen molar-refractivity contribution in [2.45, 2.75) is 77.0 Å². The van der Waals surface area contributed by atoms with E-state index in [4.69, 9.17) is 0 Å². The van der Waals surface area contributed by atoms with E-state index in [2.05, 4.69) is 465 Å². The highest BCUT2D eigenvalue weighted by atomic mass is 79.9. The third kappa shape index (κ3) is 16.5. The van der Waals surface area contributed by atoms with Gasteiger partial charge >= 0.3 is 14.2 Å². The van der Waals surface area contributed by atoms with Crippen molar-refractivity contribution in [1.29, 1.82) is 0 Å². The molecule has 21 aromatic carbocycles. The zero-order valence-corrected chi connectivity index (χ0v) is 83.2. The molecule has 0 aromatic heterocycles. The van der Waals surface area contributed by atoms with Crippen LogP contribution in [-0.4, -0.2) is 34.3 Å². The molecule has 25 rings (SSSR count). The average molecular weight is 2020 g/mol. The Morgan fingerprint density at radius 3 is 0.779 bits per heavy atom. The van der Waals surface area contributed by atoms with Crippen molar-refractivity contribution >= 4 is 154 Å². The van der Waals surface area contributed by atoms with Crippen LogP contribution in [0, 0.1) is 0 Å². The summed E-state index contributed by atoms with van der Waals surface area (Å²) in [5.74, 6) is 0. The zero-order chi connectivity index (χ0) is 94.1. The molecule has 0 unspecified atom stereocenters. The van der Waals surface area contributed by atoms with E-state index in [1.807, 2.05) is 66.7 Å². The molecule has 0 bridgehead atoms. The van der Waals surface area contributed by atoms with Crippen LogP contribution in [0.1, 0.15) is 99.9 Å². The molecule has 136 heavy (non-hydrogen) atoms. The van der Waals surface area contributed by atoms with Crippen LogP contribution in [-0.2, 0) is 21.7 Å². The molecule has 10 heteroatoms. The minimum Gasteiger partial charge on any atom is -0.423 e. The summed E-state index contributed by atoms with van der Waals surface area (Å²) < 4.78 is 4.54. The minimum absolute atomic E-state index is 0.0109. The van der Waals surface area contributed by atoms with Crippen molar-refractivity contribution in [3.05, 3.63) is 487 Å². The van der Waals surface area contributed by atoms with Gasteiger partial charge in [-0.15, -0.1) is 0 Å². The van der Waals surface area contributed by atoms with Gasteiger partial charge in [0.15, 0.2) is 0 Å². The molecule has 0 heterocycles. The maximum Gasteiger partial charge on any atom is 0.489 e. The lowest BCUT2D eigenvalue weighted by Crippen LogP contribution is -2.31. The Morgan fingerprint density at radius 1 is 0.184 bits per heavy atom. The summed E-state index contributed by atoms with van der Waals surface area (Å²) in [5.41, 5.74) is 34.2. The highest BCUT2D eigenvalue weighted by Gasteiger charge is 2.40. The van der Waals surface area contributed by atoms with Gasteiger partial charge in [-0.3, -0.25) is 0 Å². The molecule has 0 atom stereocenters. The molecule has 0 radical (unpaired) electrons. The number of hydrogen-bond donors (Lipinski definition) is 4. The van der Waals surface area contributed by atoms with Crippen LogP contribution in [0.25, 0.3) is 165 Å². The van der Waals surface area contributed by atoms with E-state index < -0.39 is 14.2 Å². The summed E-state index contributed by atoms with van der Waals surface area (Å²) >= 11 is 14.3. The topological polar surface area (TPSA) is 80.9 Å². The second-order valence-corrected chi connectivity index (χ2v) is 41.0. The molecule has 4 aliphatic rings. The Morgan fingerprint density at radius 2 is 0.426 bits per heavy atom. The fourth-order valence-corrected chi connectivity index (χ4v) is 23.4. The molecule has 0 fully saturated rings. The van der Waals surface area contributed by atoms with Crippen LogP contribution in [0.5, 0.6) is 0 Å². The molecule has 0 spiro atoms. The largest absolute Gasteiger partial charge is 0.489 e. The Labute approximate surface area is 830 Å². The predicted molar refractivity (Wildman–Crippen MR) is 592 cm³/mol. The highest BCUT2D eigenvalue weighted by Crippen LogP contribution is 2.56. The summed E-state index contributed by atoms with van der Waals surface area (Å²) in [7, 11) is -2.88. The fraction of sp³-hybridized carbons (Fsp3) is 0.0952. The number of hydrogen-bond acceptors (Lipinski definition) is 4. The fourth-order valence-electron chi connectivity index (χ4n) is 21.5. The smallest absolute Gasteiger partial charge is 0.423 e. The quantitative estimate of drug-likeness (QED) is 0.0947. The van der Waals surface area contributed by atoms with Crippen molar-refractivity contribution in [2.75, 3.05) is 0 Å². The van der Waals surface area contributed by atoms with Gasteiger partial charge in [0, 0.05) is 39.6 Å².